The lowest BCUT2D eigenvalue weighted by Gasteiger charge is -2.19. The minimum Gasteiger partial charge on any atom is -0.491 e. The molecule has 7 heteroatoms. The number of ether oxygens (including phenoxy) is 1. The third kappa shape index (κ3) is 3.50. The van der Waals surface area contributed by atoms with Crippen molar-refractivity contribution >= 4 is 33.4 Å². The van der Waals surface area contributed by atoms with Crippen molar-refractivity contribution in [3.8, 4) is 17.1 Å². The third-order valence-corrected chi connectivity index (χ3v) is 5.12. The molecule has 0 fully saturated rings. The van der Waals surface area contributed by atoms with E-state index < -0.39 is 0 Å². The van der Waals surface area contributed by atoms with E-state index in [1.165, 1.54) is 0 Å². The maximum absolute atomic E-state index is 5.80. The number of hydrogen-bond donors (Lipinski definition) is 1. The molecule has 1 aromatic heterocycles. The highest BCUT2D eigenvalue weighted by atomic mass is 79.9. The minimum absolute atomic E-state index is 0.123. The smallest absolute Gasteiger partial charge is 0.214 e. The van der Waals surface area contributed by atoms with Crippen LogP contribution in [0, 0.1) is 0 Å². The standard InChI is InChI=1S/C19H17BrN4OS/c1-12(2)25-16-5-3-4-14(10-16)18-21-22-19-24(18)23-17(11-26-19)13-6-8-15(20)9-7-13/h3-12,23H,1-2H3. The van der Waals surface area contributed by atoms with E-state index in [1.807, 2.05) is 54.9 Å². The maximum Gasteiger partial charge on any atom is 0.214 e. The first-order valence-corrected chi connectivity index (χ1v) is 9.90. The van der Waals surface area contributed by atoms with Crippen molar-refractivity contribution in [3.05, 3.63) is 64.0 Å². The fraction of sp³-hybridized carbons (Fsp3) is 0.158. The predicted molar refractivity (Wildman–Crippen MR) is 109 cm³/mol. The highest BCUT2D eigenvalue weighted by Gasteiger charge is 2.20. The van der Waals surface area contributed by atoms with Gasteiger partial charge >= 0.3 is 0 Å². The molecule has 0 spiro atoms. The molecule has 2 aromatic carbocycles. The van der Waals surface area contributed by atoms with Crippen LogP contribution in [-0.4, -0.2) is 21.0 Å². The monoisotopic (exact) mass is 428 g/mol. The molecule has 0 radical (unpaired) electrons. The number of halogens is 1. The predicted octanol–water partition coefficient (Wildman–Crippen LogP) is 5.14. The van der Waals surface area contributed by atoms with Crippen molar-refractivity contribution < 1.29 is 4.74 Å². The molecule has 1 aliphatic heterocycles. The second-order valence-corrected chi connectivity index (χ2v) is 7.86. The molecule has 3 aromatic rings. The van der Waals surface area contributed by atoms with Gasteiger partial charge < -0.3 is 4.74 Å². The van der Waals surface area contributed by atoms with E-state index in [2.05, 4.69) is 49.1 Å². The van der Waals surface area contributed by atoms with E-state index in [1.54, 1.807) is 11.8 Å². The Bertz CT molecular complexity index is 966. The van der Waals surface area contributed by atoms with Gasteiger partial charge in [-0.15, -0.1) is 10.2 Å². The summed E-state index contributed by atoms with van der Waals surface area (Å²) in [5.41, 5.74) is 6.47. The van der Waals surface area contributed by atoms with Gasteiger partial charge in [-0.3, -0.25) is 5.43 Å². The summed E-state index contributed by atoms with van der Waals surface area (Å²) in [5, 5.41) is 11.5. The summed E-state index contributed by atoms with van der Waals surface area (Å²) in [4.78, 5) is 0. The topological polar surface area (TPSA) is 52.0 Å². The second kappa shape index (κ2) is 7.17. The van der Waals surface area contributed by atoms with Crippen molar-refractivity contribution in [1.82, 2.24) is 14.9 Å². The molecule has 0 atom stereocenters. The number of aromatic nitrogens is 3. The molecule has 0 unspecified atom stereocenters. The van der Waals surface area contributed by atoms with Gasteiger partial charge in [0.25, 0.3) is 0 Å². The molecule has 5 nitrogen and oxygen atoms in total. The van der Waals surface area contributed by atoms with Gasteiger partial charge in [0.2, 0.25) is 5.16 Å². The fourth-order valence-electron chi connectivity index (χ4n) is 2.64. The van der Waals surface area contributed by atoms with Crippen LogP contribution in [0.4, 0.5) is 0 Å². The molecule has 2 heterocycles. The van der Waals surface area contributed by atoms with Crippen LogP contribution in [0.5, 0.6) is 5.75 Å². The largest absolute Gasteiger partial charge is 0.491 e. The van der Waals surface area contributed by atoms with Crippen molar-refractivity contribution in [1.29, 1.82) is 0 Å². The first-order chi connectivity index (χ1) is 12.6. The minimum atomic E-state index is 0.123. The van der Waals surface area contributed by atoms with Gasteiger partial charge in [0, 0.05) is 21.0 Å². The molecular weight excluding hydrogens is 412 g/mol. The van der Waals surface area contributed by atoms with E-state index in [4.69, 9.17) is 4.74 Å². The summed E-state index contributed by atoms with van der Waals surface area (Å²) >= 11 is 5.02. The molecule has 132 valence electrons. The zero-order valence-corrected chi connectivity index (χ0v) is 16.7. The summed E-state index contributed by atoms with van der Waals surface area (Å²) in [6.07, 6.45) is 0.123. The fourth-order valence-corrected chi connectivity index (χ4v) is 3.64. The number of fused-ring (bicyclic) bond motifs is 1. The van der Waals surface area contributed by atoms with Crippen molar-refractivity contribution in [3.63, 3.8) is 0 Å². The van der Waals surface area contributed by atoms with Gasteiger partial charge in [0.15, 0.2) is 5.82 Å². The lowest BCUT2D eigenvalue weighted by molar-refractivity contribution is 0.242. The Balaban J connectivity index is 1.65. The Morgan fingerprint density at radius 1 is 1.08 bits per heavy atom. The summed E-state index contributed by atoms with van der Waals surface area (Å²) in [6.45, 7) is 4.03. The number of nitrogens with one attached hydrogen (secondary N) is 1. The van der Waals surface area contributed by atoms with Gasteiger partial charge in [-0.1, -0.05) is 52.0 Å². The Morgan fingerprint density at radius 2 is 1.88 bits per heavy atom. The maximum atomic E-state index is 5.80. The molecule has 0 saturated carbocycles. The van der Waals surface area contributed by atoms with Crippen LogP contribution in [0.3, 0.4) is 0 Å². The zero-order valence-electron chi connectivity index (χ0n) is 14.3. The van der Waals surface area contributed by atoms with E-state index in [9.17, 15) is 0 Å². The molecule has 1 N–H and O–H groups in total. The van der Waals surface area contributed by atoms with Crippen molar-refractivity contribution in [2.45, 2.75) is 25.1 Å². The quantitative estimate of drug-likeness (QED) is 0.622. The Hall–Kier alpha value is -2.25. The van der Waals surface area contributed by atoms with E-state index >= 15 is 0 Å². The molecule has 0 bridgehead atoms. The average Bonchev–Trinajstić information content (AvgIpc) is 3.05. The van der Waals surface area contributed by atoms with Crippen molar-refractivity contribution in [2.75, 3.05) is 5.43 Å². The van der Waals surface area contributed by atoms with Crippen LogP contribution in [0.2, 0.25) is 0 Å². The summed E-state index contributed by atoms with van der Waals surface area (Å²) < 4.78 is 8.77. The Labute approximate surface area is 164 Å². The summed E-state index contributed by atoms with van der Waals surface area (Å²) in [7, 11) is 0. The van der Waals surface area contributed by atoms with Gasteiger partial charge in [-0.2, -0.15) is 0 Å². The summed E-state index contributed by atoms with van der Waals surface area (Å²) in [6, 6.07) is 16.1. The van der Waals surface area contributed by atoms with E-state index in [0.29, 0.717) is 0 Å². The van der Waals surface area contributed by atoms with Crippen LogP contribution in [0.1, 0.15) is 19.4 Å². The van der Waals surface area contributed by atoms with Crippen LogP contribution in [0.15, 0.2) is 63.6 Å². The molecule has 0 saturated heterocycles. The molecular formula is C19H17BrN4OS. The molecule has 26 heavy (non-hydrogen) atoms. The second-order valence-electron chi connectivity index (χ2n) is 6.10. The summed E-state index contributed by atoms with van der Waals surface area (Å²) in [5.74, 6) is 1.58. The van der Waals surface area contributed by atoms with Crippen LogP contribution < -0.4 is 10.2 Å². The molecule has 0 amide bonds. The average molecular weight is 429 g/mol. The van der Waals surface area contributed by atoms with Crippen LogP contribution >= 0.6 is 27.7 Å². The van der Waals surface area contributed by atoms with E-state index in [-0.39, 0.29) is 6.10 Å². The number of benzene rings is 2. The molecule has 1 aliphatic rings. The molecule has 0 aliphatic carbocycles. The van der Waals surface area contributed by atoms with Gasteiger partial charge in [-0.25, -0.2) is 4.68 Å². The normalized spacial score (nSPS) is 13.2. The van der Waals surface area contributed by atoms with Crippen molar-refractivity contribution in [2.24, 2.45) is 0 Å². The first kappa shape index (κ1) is 17.2. The zero-order chi connectivity index (χ0) is 18.1. The lowest BCUT2D eigenvalue weighted by atomic mass is 10.2. The first-order valence-electron chi connectivity index (χ1n) is 8.22. The highest BCUT2D eigenvalue weighted by Crippen LogP contribution is 2.32. The number of hydrogen-bond acceptors (Lipinski definition) is 5. The number of nitrogens with zero attached hydrogens (tertiary/aromatic N) is 3. The highest BCUT2D eigenvalue weighted by molar-refractivity contribution is 9.10. The number of rotatable bonds is 4. The number of thioether (sulfide) groups is 1. The van der Waals surface area contributed by atoms with Gasteiger partial charge in [0.05, 0.1) is 11.8 Å². The SMILES string of the molecule is CC(C)Oc1cccc(-c2nnc3n2NC(c2ccc(Br)cc2)=CS3)c1. The van der Waals surface area contributed by atoms with Crippen LogP contribution in [0.25, 0.3) is 17.1 Å². The van der Waals surface area contributed by atoms with Crippen LogP contribution in [-0.2, 0) is 0 Å². The van der Waals surface area contributed by atoms with Gasteiger partial charge in [0.1, 0.15) is 5.75 Å². The lowest BCUT2D eigenvalue weighted by Crippen LogP contribution is -2.18. The van der Waals surface area contributed by atoms with E-state index in [0.717, 1.165) is 38.0 Å². The third-order valence-electron chi connectivity index (χ3n) is 3.77. The molecule has 4 rings (SSSR count). The van der Waals surface area contributed by atoms with Gasteiger partial charge in [-0.05, 0) is 38.1 Å². The Morgan fingerprint density at radius 3 is 2.65 bits per heavy atom. The Kier molecular flexibility index (Phi) is 4.74.